The van der Waals surface area contributed by atoms with Crippen LogP contribution in [0.4, 0.5) is 10.2 Å². The first-order chi connectivity index (χ1) is 13.9. The second-order valence-corrected chi connectivity index (χ2v) is 7.59. The number of anilines is 1. The smallest absolute Gasteiger partial charge is 0.256 e. The molecule has 29 heavy (non-hydrogen) atoms. The normalized spacial score (nSPS) is 14.5. The van der Waals surface area contributed by atoms with Crippen molar-refractivity contribution in [2.24, 2.45) is 0 Å². The van der Waals surface area contributed by atoms with Gasteiger partial charge in [-0.1, -0.05) is 30.3 Å². The van der Waals surface area contributed by atoms with Crippen molar-refractivity contribution in [3.63, 3.8) is 0 Å². The molecule has 3 aromatic rings. The Kier molecular flexibility index (Phi) is 4.66. The third kappa shape index (κ3) is 3.51. The molecule has 148 valence electrons. The lowest BCUT2D eigenvalue weighted by atomic mass is 10.00. The molecule has 6 nitrogen and oxygen atoms in total. The summed E-state index contributed by atoms with van der Waals surface area (Å²) in [5, 5.41) is 9.96. The molecule has 1 aliphatic rings. The van der Waals surface area contributed by atoms with Crippen LogP contribution in [0, 0.1) is 5.82 Å². The molecule has 4 rings (SSSR count). The minimum absolute atomic E-state index is 0.00149. The molecule has 0 unspecified atom stereocenters. The molecule has 0 fully saturated rings. The number of nitrogens with one attached hydrogen (secondary N) is 2. The number of hydrogen-bond acceptors (Lipinski definition) is 3. The summed E-state index contributed by atoms with van der Waals surface area (Å²) >= 11 is 0. The first-order valence-corrected chi connectivity index (χ1v) is 9.35. The fourth-order valence-corrected chi connectivity index (χ4v) is 3.67. The van der Waals surface area contributed by atoms with Crippen LogP contribution in [0.1, 0.15) is 41.0 Å². The Labute approximate surface area is 167 Å². The molecule has 7 heteroatoms. The van der Waals surface area contributed by atoms with E-state index in [1.165, 1.54) is 24.3 Å². The van der Waals surface area contributed by atoms with E-state index in [1.807, 2.05) is 44.2 Å². The summed E-state index contributed by atoms with van der Waals surface area (Å²) in [6.45, 7) is 4.25. The number of aromatic amines is 1. The molecule has 0 radical (unpaired) electrons. The number of nitrogens with zero attached hydrogens (tertiary/aromatic N) is 2. The van der Waals surface area contributed by atoms with Crippen LogP contribution < -0.4 is 5.32 Å². The second kappa shape index (κ2) is 7.16. The molecule has 0 atom stereocenters. The fraction of sp³-hybridized carbons (Fsp3) is 0.227. The van der Waals surface area contributed by atoms with Crippen molar-refractivity contribution < 1.29 is 14.0 Å². The van der Waals surface area contributed by atoms with Crippen molar-refractivity contribution in [3.05, 3.63) is 82.8 Å². The maximum absolute atomic E-state index is 13.1. The van der Waals surface area contributed by atoms with E-state index < -0.39 is 11.4 Å². The van der Waals surface area contributed by atoms with Crippen molar-refractivity contribution in [1.29, 1.82) is 0 Å². The third-order valence-corrected chi connectivity index (χ3v) is 5.31. The number of amides is 2. The summed E-state index contributed by atoms with van der Waals surface area (Å²) in [7, 11) is 0. The molecule has 2 aromatic carbocycles. The van der Waals surface area contributed by atoms with E-state index in [1.54, 1.807) is 4.90 Å². The van der Waals surface area contributed by atoms with E-state index in [4.69, 9.17) is 0 Å². The van der Waals surface area contributed by atoms with Crippen LogP contribution in [0.3, 0.4) is 0 Å². The van der Waals surface area contributed by atoms with Crippen LogP contribution in [0.15, 0.2) is 54.6 Å². The maximum atomic E-state index is 13.1. The molecular formula is C22H21FN4O2. The second-order valence-electron chi connectivity index (χ2n) is 7.59. The average Bonchev–Trinajstić information content (AvgIpc) is 3.21. The van der Waals surface area contributed by atoms with Gasteiger partial charge in [-0.05, 0) is 43.7 Å². The Morgan fingerprint density at radius 3 is 2.52 bits per heavy atom. The van der Waals surface area contributed by atoms with E-state index in [9.17, 15) is 14.0 Å². The van der Waals surface area contributed by atoms with Crippen LogP contribution in [-0.2, 0) is 23.3 Å². The monoisotopic (exact) mass is 392 g/mol. The van der Waals surface area contributed by atoms with Gasteiger partial charge in [0.2, 0.25) is 5.91 Å². The zero-order chi connectivity index (χ0) is 20.6. The molecule has 0 spiro atoms. The van der Waals surface area contributed by atoms with E-state index in [0.29, 0.717) is 24.3 Å². The molecule has 1 aromatic heterocycles. The molecule has 0 bridgehead atoms. The van der Waals surface area contributed by atoms with Crippen molar-refractivity contribution in [2.45, 2.75) is 32.4 Å². The van der Waals surface area contributed by atoms with Crippen molar-refractivity contribution in [2.75, 3.05) is 5.32 Å². The van der Waals surface area contributed by atoms with Crippen LogP contribution in [0.25, 0.3) is 0 Å². The largest absolute Gasteiger partial charge is 0.327 e. The summed E-state index contributed by atoms with van der Waals surface area (Å²) in [5.41, 5.74) is 2.29. The lowest BCUT2D eigenvalue weighted by Gasteiger charge is -2.32. The van der Waals surface area contributed by atoms with Gasteiger partial charge in [-0.25, -0.2) is 4.39 Å². The summed E-state index contributed by atoms with van der Waals surface area (Å²) in [4.78, 5) is 27.2. The van der Waals surface area contributed by atoms with Crippen LogP contribution in [0.5, 0.6) is 0 Å². The average molecular weight is 392 g/mol. The van der Waals surface area contributed by atoms with Gasteiger partial charge >= 0.3 is 0 Å². The Morgan fingerprint density at radius 2 is 1.83 bits per heavy atom. The third-order valence-electron chi connectivity index (χ3n) is 5.31. The molecule has 2 heterocycles. The van der Waals surface area contributed by atoms with Crippen molar-refractivity contribution >= 4 is 17.6 Å². The number of carbonyl (C=O) groups excluding carboxylic acids is 2. The number of benzene rings is 2. The van der Waals surface area contributed by atoms with Crippen molar-refractivity contribution in [3.8, 4) is 0 Å². The van der Waals surface area contributed by atoms with Gasteiger partial charge in [0.15, 0.2) is 5.82 Å². The summed E-state index contributed by atoms with van der Waals surface area (Å²) in [6, 6.07) is 14.9. The highest BCUT2D eigenvalue weighted by Gasteiger charge is 2.43. The van der Waals surface area contributed by atoms with Gasteiger partial charge in [0, 0.05) is 11.1 Å². The first-order valence-electron chi connectivity index (χ1n) is 9.35. The van der Waals surface area contributed by atoms with Crippen LogP contribution >= 0.6 is 0 Å². The van der Waals surface area contributed by atoms with E-state index >= 15 is 0 Å². The highest BCUT2D eigenvalue weighted by atomic mass is 19.1. The van der Waals surface area contributed by atoms with Gasteiger partial charge in [-0.2, -0.15) is 5.10 Å². The predicted octanol–water partition coefficient (Wildman–Crippen LogP) is 3.62. The molecule has 2 N–H and O–H groups in total. The number of H-pyrrole nitrogens is 1. The Morgan fingerprint density at radius 1 is 1.14 bits per heavy atom. The van der Waals surface area contributed by atoms with Crippen LogP contribution in [0.2, 0.25) is 0 Å². The van der Waals surface area contributed by atoms with E-state index in [0.717, 1.165) is 16.8 Å². The SMILES string of the molecule is CC1(C)c2[nH]nc(NC(=O)c3ccc(F)cc3)c2CN1C(=O)Cc1ccccc1. The Balaban J connectivity index is 1.53. The van der Waals surface area contributed by atoms with Gasteiger partial charge in [0.1, 0.15) is 5.82 Å². The molecule has 0 saturated carbocycles. The zero-order valence-electron chi connectivity index (χ0n) is 16.2. The van der Waals surface area contributed by atoms with Gasteiger partial charge in [-0.3, -0.25) is 14.7 Å². The minimum atomic E-state index is -0.576. The Bertz CT molecular complexity index is 1060. The molecule has 2 amide bonds. The number of carbonyl (C=O) groups is 2. The summed E-state index contributed by atoms with van der Waals surface area (Å²) in [5.74, 6) is -0.401. The van der Waals surface area contributed by atoms with E-state index in [-0.39, 0.29) is 11.8 Å². The number of rotatable bonds is 4. The van der Waals surface area contributed by atoms with Crippen LogP contribution in [-0.4, -0.2) is 26.9 Å². The van der Waals surface area contributed by atoms with Crippen molar-refractivity contribution in [1.82, 2.24) is 15.1 Å². The molecule has 1 aliphatic heterocycles. The number of hydrogen-bond donors (Lipinski definition) is 2. The van der Waals surface area contributed by atoms with Gasteiger partial charge in [-0.15, -0.1) is 0 Å². The van der Waals surface area contributed by atoms with Gasteiger partial charge in [0.05, 0.1) is 24.2 Å². The topological polar surface area (TPSA) is 78.1 Å². The molecule has 0 saturated heterocycles. The molecular weight excluding hydrogens is 371 g/mol. The number of aromatic nitrogens is 2. The first kappa shape index (κ1) is 18.9. The number of halogens is 1. The quantitative estimate of drug-likeness (QED) is 0.712. The predicted molar refractivity (Wildman–Crippen MR) is 107 cm³/mol. The maximum Gasteiger partial charge on any atom is 0.256 e. The highest BCUT2D eigenvalue weighted by Crippen LogP contribution is 2.40. The lowest BCUT2D eigenvalue weighted by Crippen LogP contribution is -2.41. The lowest BCUT2D eigenvalue weighted by molar-refractivity contribution is -0.135. The minimum Gasteiger partial charge on any atom is -0.327 e. The fourth-order valence-electron chi connectivity index (χ4n) is 3.67. The van der Waals surface area contributed by atoms with Gasteiger partial charge < -0.3 is 10.2 Å². The van der Waals surface area contributed by atoms with E-state index in [2.05, 4.69) is 15.5 Å². The summed E-state index contributed by atoms with van der Waals surface area (Å²) < 4.78 is 13.1. The summed E-state index contributed by atoms with van der Waals surface area (Å²) in [6.07, 6.45) is 0.305. The zero-order valence-corrected chi connectivity index (χ0v) is 16.2. The standard InChI is InChI=1S/C22H21FN4O2/c1-22(2)19-17(13-27(22)18(28)12-14-6-4-3-5-7-14)20(26-25-19)24-21(29)15-8-10-16(23)11-9-15/h3-11H,12-13H2,1-2H3,(H2,24,25,26,29). The van der Waals surface area contributed by atoms with Gasteiger partial charge in [0.25, 0.3) is 5.91 Å². The molecule has 0 aliphatic carbocycles. The Hall–Kier alpha value is -3.48. The highest BCUT2D eigenvalue weighted by molar-refractivity contribution is 6.04. The number of fused-ring (bicyclic) bond motifs is 1.